The molecular formula is C13H18BrN3O3S. The van der Waals surface area contributed by atoms with Gasteiger partial charge in [-0.25, -0.2) is 12.7 Å². The highest BCUT2D eigenvalue weighted by molar-refractivity contribution is 9.10. The Kier molecular flexibility index (Phi) is 4.90. The number of benzene rings is 1. The zero-order chi connectivity index (χ0) is 15.6. The largest absolute Gasteiger partial charge is 0.399 e. The lowest BCUT2D eigenvalue weighted by atomic mass is 10.1. The van der Waals surface area contributed by atoms with Crippen molar-refractivity contribution in [2.45, 2.75) is 18.9 Å². The van der Waals surface area contributed by atoms with Gasteiger partial charge in [0.2, 0.25) is 10.0 Å². The van der Waals surface area contributed by atoms with Crippen molar-refractivity contribution < 1.29 is 13.2 Å². The Balaban J connectivity index is 1.96. The third-order valence-electron chi connectivity index (χ3n) is 3.44. The van der Waals surface area contributed by atoms with E-state index in [-0.39, 0.29) is 11.9 Å². The number of rotatable bonds is 3. The van der Waals surface area contributed by atoms with E-state index in [1.165, 1.54) is 10.6 Å². The van der Waals surface area contributed by atoms with Crippen molar-refractivity contribution in [1.82, 2.24) is 9.62 Å². The second-order valence-electron chi connectivity index (χ2n) is 5.18. The second kappa shape index (κ2) is 6.33. The van der Waals surface area contributed by atoms with E-state index in [1.807, 2.05) is 0 Å². The van der Waals surface area contributed by atoms with Crippen LogP contribution in [0.4, 0.5) is 5.69 Å². The van der Waals surface area contributed by atoms with Crippen LogP contribution in [0.15, 0.2) is 22.7 Å². The number of carbonyl (C=O) groups is 1. The summed E-state index contributed by atoms with van der Waals surface area (Å²) in [4.78, 5) is 12.2. The summed E-state index contributed by atoms with van der Waals surface area (Å²) in [7, 11) is -3.14. The Labute approximate surface area is 132 Å². The van der Waals surface area contributed by atoms with E-state index in [1.54, 1.807) is 18.2 Å². The molecular weight excluding hydrogens is 358 g/mol. The lowest BCUT2D eigenvalue weighted by Crippen LogP contribution is -2.46. The van der Waals surface area contributed by atoms with Crippen LogP contribution >= 0.6 is 15.9 Å². The fourth-order valence-corrected chi connectivity index (χ4v) is 3.73. The number of piperidine rings is 1. The molecule has 0 aliphatic carbocycles. The molecule has 1 aromatic carbocycles. The highest BCUT2D eigenvalue weighted by Crippen LogP contribution is 2.18. The van der Waals surface area contributed by atoms with Crippen LogP contribution in [-0.2, 0) is 10.0 Å². The van der Waals surface area contributed by atoms with Gasteiger partial charge in [0.25, 0.3) is 5.91 Å². The molecule has 1 aromatic rings. The average molecular weight is 376 g/mol. The van der Waals surface area contributed by atoms with Crippen LogP contribution in [0.2, 0.25) is 0 Å². The molecule has 2 rings (SSSR count). The number of halogens is 1. The van der Waals surface area contributed by atoms with Gasteiger partial charge in [-0.3, -0.25) is 4.79 Å². The van der Waals surface area contributed by atoms with E-state index in [0.717, 1.165) is 4.47 Å². The number of anilines is 1. The second-order valence-corrected chi connectivity index (χ2v) is 8.08. The van der Waals surface area contributed by atoms with E-state index >= 15 is 0 Å². The lowest BCUT2D eigenvalue weighted by Gasteiger charge is -2.30. The molecule has 1 heterocycles. The van der Waals surface area contributed by atoms with Gasteiger partial charge in [-0.15, -0.1) is 0 Å². The third-order valence-corrected chi connectivity index (χ3v) is 5.20. The minimum Gasteiger partial charge on any atom is -0.399 e. The molecule has 3 N–H and O–H groups in total. The molecule has 1 aliphatic rings. The summed E-state index contributed by atoms with van der Waals surface area (Å²) in [5.74, 6) is -0.194. The molecule has 0 aromatic heterocycles. The maximum Gasteiger partial charge on any atom is 0.251 e. The number of amides is 1. The topological polar surface area (TPSA) is 92.5 Å². The van der Waals surface area contributed by atoms with E-state index in [4.69, 9.17) is 5.73 Å². The number of nitrogen functional groups attached to an aromatic ring is 1. The molecule has 0 spiro atoms. The van der Waals surface area contributed by atoms with Crippen LogP contribution in [-0.4, -0.2) is 44.0 Å². The van der Waals surface area contributed by atoms with Crippen molar-refractivity contribution in [2.75, 3.05) is 25.1 Å². The minimum absolute atomic E-state index is 0.0179. The number of nitrogens with two attached hydrogens (primary N) is 1. The van der Waals surface area contributed by atoms with Crippen LogP contribution in [0, 0.1) is 0 Å². The van der Waals surface area contributed by atoms with E-state index in [2.05, 4.69) is 21.2 Å². The molecule has 6 nitrogen and oxygen atoms in total. The van der Waals surface area contributed by atoms with Crippen molar-refractivity contribution in [3.8, 4) is 0 Å². The quantitative estimate of drug-likeness (QED) is 0.775. The number of carbonyl (C=O) groups excluding carboxylic acids is 1. The normalized spacial score (nSPS) is 17.6. The van der Waals surface area contributed by atoms with Crippen molar-refractivity contribution in [3.63, 3.8) is 0 Å². The highest BCUT2D eigenvalue weighted by Gasteiger charge is 2.26. The van der Waals surface area contributed by atoms with E-state index in [9.17, 15) is 13.2 Å². The number of nitrogens with zero attached hydrogens (tertiary/aromatic N) is 1. The molecule has 0 radical (unpaired) electrons. The van der Waals surface area contributed by atoms with Crippen LogP contribution in [0.1, 0.15) is 23.2 Å². The fraction of sp³-hybridized carbons (Fsp3) is 0.462. The van der Waals surface area contributed by atoms with Crippen LogP contribution in [0.5, 0.6) is 0 Å². The van der Waals surface area contributed by atoms with Gasteiger partial charge in [-0.05, 0) is 31.0 Å². The first kappa shape index (κ1) is 16.3. The van der Waals surface area contributed by atoms with Crippen molar-refractivity contribution in [3.05, 3.63) is 28.2 Å². The summed E-state index contributed by atoms with van der Waals surface area (Å²) in [6, 6.07) is 5.03. The maximum atomic E-state index is 12.2. The summed E-state index contributed by atoms with van der Waals surface area (Å²) in [6.07, 6.45) is 2.43. The Morgan fingerprint density at radius 2 is 1.95 bits per heavy atom. The summed E-state index contributed by atoms with van der Waals surface area (Å²) >= 11 is 3.30. The van der Waals surface area contributed by atoms with Gasteiger partial charge in [0.1, 0.15) is 0 Å². The highest BCUT2D eigenvalue weighted by atomic mass is 79.9. The molecule has 0 saturated carbocycles. The number of sulfonamides is 1. The first-order chi connectivity index (χ1) is 9.75. The standard InChI is InChI=1S/C13H18BrN3O3S/c1-21(19,20)17-4-2-12(3-5-17)16-13(18)9-6-10(14)8-11(15)7-9/h6-8,12H,2-5,15H2,1H3,(H,16,18). The SMILES string of the molecule is CS(=O)(=O)N1CCC(NC(=O)c2cc(N)cc(Br)c2)CC1. The Morgan fingerprint density at radius 1 is 1.33 bits per heavy atom. The van der Waals surface area contributed by atoms with Gasteiger partial charge in [-0.1, -0.05) is 15.9 Å². The van der Waals surface area contributed by atoms with Crippen molar-refractivity contribution in [1.29, 1.82) is 0 Å². The number of nitrogens with one attached hydrogen (secondary N) is 1. The van der Waals surface area contributed by atoms with Crippen LogP contribution in [0.25, 0.3) is 0 Å². The van der Waals surface area contributed by atoms with Crippen LogP contribution < -0.4 is 11.1 Å². The number of hydrogen-bond acceptors (Lipinski definition) is 4. The van der Waals surface area contributed by atoms with Crippen molar-refractivity contribution in [2.24, 2.45) is 0 Å². The molecule has 21 heavy (non-hydrogen) atoms. The molecule has 1 amide bonds. The summed E-state index contributed by atoms with van der Waals surface area (Å²) in [5, 5.41) is 2.92. The predicted molar refractivity (Wildman–Crippen MR) is 85.5 cm³/mol. The van der Waals surface area contributed by atoms with Gasteiger partial charge in [0.15, 0.2) is 0 Å². The van der Waals surface area contributed by atoms with Crippen LogP contribution in [0.3, 0.4) is 0 Å². The molecule has 1 aliphatic heterocycles. The summed E-state index contributed by atoms with van der Waals surface area (Å²) in [6.45, 7) is 0.870. The van der Waals surface area contributed by atoms with Gasteiger partial charge >= 0.3 is 0 Å². The van der Waals surface area contributed by atoms with Gasteiger partial charge < -0.3 is 11.1 Å². The molecule has 0 unspecified atom stereocenters. The molecule has 1 saturated heterocycles. The van der Waals surface area contributed by atoms with Gasteiger partial charge in [0.05, 0.1) is 6.26 Å². The summed E-state index contributed by atoms with van der Waals surface area (Å²) in [5.41, 5.74) is 6.72. The molecule has 1 fully saturated rings. The average Bonchev–Trinajstić information content (AvgIpc) is 2.37. The van der Waals surface area contributed by atoms with Crippen molar-refractivity contribution >= 4 is 37.5 Å². The lowest BCUT2D eigenvalue weighted by molar-refractivity contribution is 0.0924. The fourth-order valence-electron chi connectivity index (χ4n) is 2.34. The van der Waals surface area contributed by atoms with E-state index in [0.29, 0.717) is 37.2 Å². The smallest absolute Gasteiger partial charge is 0.251 e. The third kappa shape index (κ3) is 4.42. The Hall–Kier alpha value is -1.12. The first-order valence-corrected chi connectivity index (χ1v) is 9.22. The Bertz CT molecular complexity index is 620. The van der Waals surface area contributed by atoms with Gasteiger partial charge in [-0.2, -0.15) is 0 Å². The van der Waals surface area contributed by atoms with E-state index < -0.39 is 10.0 Å². The minimum atomic E-state index is -3.14. The molecule has 116 valence electrons. The summed E-state index contributed by atoms with van der Waals surface area (Å²) < 4.78 is 25.0. The monoisotopic (exact) mass is 375 g/mol. The predicted octanol–water partition coefficient (Wildman–Crippen LogP) is 1.19. The maximum absolute atomic E-state index is 12.2. The number of hydrogen-bond donors (Lipinski definition) is 2. The van der Waals surface area contributed by atoms with Gasteiger partial charge in [0, 0.05) is 34.9 Å². The molecule has 8 heteroatoms. The Morgan fingerprint density at radius 3 is 2.48 bits per heavy atom. The zero-order valence-corrected chi connectivity index (χ0v) is 14.1. The molecule has 0 atom stereocenters. The zero-order valence-electron chi connectivity index (χ0n) is 11.7. The molecule has 0 bridgehead atoms. The first-order valence-electron chi connectivity index (χ1n) is 6.58.